The van der Waals surface area contributed by atoms with Crippen LogP contribution >= 0.6 is 7.14 Å². The van der Waals surface area contributed by atoms with Crippen molar-refractivity contribution in [2.24, 2.45) is 0 Å². The Kier molecular flexibility index (Phi) is 7.20. The maximum Gasteiger partial charge on any atom is 0.171 e. The van der Waals surface area contributed by atoms with E-state index in [9.17, 15) is 0 Å². The molecule has 0 aromatic heterocycles. The molecule has 0 atom stereocenters. The summed E-state index contributed by atoms with van der Waals surface area (Å²) in [6, 6.07) is 38.5. The van der Waals surface area contributed by atoms with Crippen LogP contribution in [0.4, 0.5) is 0 Å². The predicted molar refractivity (Wildman–Crippen MR) is 140 cm³/mol. The van der Waals surface area contributed by atoms with Gasteiger partial charge in [0, 0.05) is 15.9 Å². The molecule has 0 aliphatic rings. The summed E-state index contributed by atoms with van der Waals surface area (Å²) >= 11 is 0. The maximum absolute atomic E-state index is 15.0. The minimum atomic E-state index is -3.05. The van der Waals surface area contributed by atoms with Crippen LogP contribution in [0.1, 0.15) is 37.3 Å². The highest BCUT2D eigenvalue weighted by atomic mass is 31.2. The zero-order valence-electron chi connectivity index (χ0n) is 18.5. The van der Waals surface area contributed by atoms with Gasteiger partial charge in [-0.25, -0.2) is 0 Å². The first-order valence-corrected chi connectivity index (χ1v) is 13.0. The molecule has 0 heterocycles. The molecule has 1 nitrogen and oxygen atoms in total. The second-order valence-corrected chi connectivity index (χ2v) is 10.7. The Morgan fingerprint density at radius 3 is 1.75 bits per heavy atom. The number of rotatable bonds is 8. The lowest BCUT2D eigenvalue weighted by atomic mass is 9.98. The molecular weight excluding hydrogens is 407 g/mol. The molecule has 0 radical (unpaired) electrons. The summed E-state index contributed by atoms with van der Waals surface area (Å²) in [4.78, 5) is 0. The molecule has 0 saturated heterocycles. The minimum Gasteiger partial charge on any atom is -0.309 e. The molecule has 0 aliphatic carbocycles. The van der Waals surface area contributed by atoms with Crippen LogP contribution in [0.3, 0.4) is 0 Å². The summed E-state index contributed by atoms with van der Waals surface area (Å²) in [6.45, 7) is 2.21. The van der Waals surface area contributed by atoms with E-state index in [4.69, 9.17) is 0 Å². The Bertz CT molecular complexity index is 1170. The van der Waals surface area contributed by atoms with E-state index in [1.54, 1.807) is 0 Å². The van der Waals surface area contributed by atoms with Crippen molar-refractivity contribution in [1.29, 1.82) is 0 Å². The normalized spacial score (nSPS) is 12.0. The van der Waals surface area contributed by atoms with Crippen molar-refractivity contribution in [3.05, 3.63) is 126 Å². The molecule has 0 spiro atoms. The van der Waals surface area contributed by atoms with Crippen LogP contribution in [0.2, 0.25) is 0 Å². The molecule has 0 N–H and O–H groups in total. The fraction of sp³-hybridized carbons (Fsp3) is 0.133. The van der Waals surface area contributed by atoms with Crippen LogP contribution in [0.25, 0.3) is 11.6 Å². The SMILES string of the molecule is CCCC/C(=C\c1ccccc1)c1ccccc1P(=O)(c1ccccc1)c1ccccc1. The molecule has 0 saturated carbocycles. The van der Waals surface area contributed by atoms with E-state index < -0.39 is 7.14 Å². The highest BCUT2D eigenvalue weighted by Crippen LogP contribution is 2.44. The zero-order valence-corrected chi connectivity index (χ0v) is 19.4. The number of allylic oxidation sites excluding steroid dienone is 1. The Morgan fingerprint density at radius 1 is 0.688 bits per heavy atom. The summed E-state index contributed by atoms with van der Waals surface area (Å²) in [5.41, 5.74) is 3.49. The van der Waals surface area contributed by atoms with Crippen LogP contribution in [0, 0.1) is 0 Å². The maximum atomic E-state index is 15.0. The van der Waals surface area contributed by atoms with Crippen molar-refractivity contribution >= 4 is 34.7 Å². The van der Waals surface area contributed by atoms with E-state index in [1.165, 1.54) is 11.1 Å². The van der Waals surface area contributed by atoms with Crippen LogP contribution in [0.15, 0.2) is 115 Å². The van der Waals surface area contributed by atoms with E-state index in [1.807, 2.05) is 72.8 Å². The van der Waals surface area contributed by atoms with Gasteiger partial charge in [0.25, 0.3) is 0 Å². The topological polar surface area (TPSA) is 17.1 Å². The first-order chi connectivity index (χ1) is 15.7. The van der Waals surface area contributed by atoms with Gasteiger partial charge in [-0.2, -0.15) is 0 Å². The second kappa shape index (κ2) is 10.4. The van der Waals surface area contributed by atoms with Gasteiger partial charge in [0.1, 0.15) is 0 Å². The molecule has 4 aromatic carbocycles. The van der Waals surface area contributed by atoms with Gasteiger partial charge in [-0.1, -0.05) is 135 Å². The first-order valence-electron chi connectivity index (χ1n) is 11.3. The van der Waals surface area contributed by atoms with Gasteiger partial charge < -0.3 is 4.57 Å². The third kappa shape index (κ3) is 4.69. The monoisotopic (exact) mass is 436 g/mol. The first kappa shape index (κ1) is 22.1. The molecule has 160 valence electrons. The third-order valence-electron chi connectivity index (χ3n) is 5.77. The van der Waals surface area contributed by atoms with Gasteiger partial charge >= 0.3 is 0 Å². The highest BCUT2D eigenvalue weighted by molar-refractivity contribution is 7.85. The molecule has 32 heavy (non-hydrogen) atoms. The average Bonchev–Trinajstić information content (AvgIpc) is 2.88. The van der Waals surface area contributed by atoms with E-state index in [-0.39, 0.29) is 0 Å². The van der Waals surface area contributed by atoms with Crippen LogP contribution in [-0.4, -0.2) is 0 Å². The zero-order chi connectivity index (χ0) is 22.2. The van der Waals surface area contributed by atoms with E-state index >= 15 is 4.57 Å². The van der Waals surface area contributed by atoms with Gasteiger partial charge in [-0.05, 0) is 29.5 Å². The van der Waals surface area contributed by atoms with Crippen molar-refractivity contribution in [3.63, 3.8) is 0 Å². The predicted octanol–water partition coefficient (Wildman–Crippen LogP) is 7.06. The van der Waals surface area contributed by atoms with Gasteiger partial charge in [0.15, 0.2) is 7.14 Å². The summed E-state index contributed by atoms with van der Waals surface area (Å²) < 4.78 is 15.0. The third-order valence-corrected chi connectivity index (χ3v) is 8.89. The van der Waals surface area contributed by atoms with Crippen molar-refractivity contribution in [1.82, 2.24) is 0 Å². The fourth-order valence-corrected chi connectivity index (χ4v) is 7.02. The smallest absolute Gasteiger partial charge is 0.171 e. The molecule has 0 unspecified atom stereocenters. The molecular formula is C30H29OP. The van der Waals surface area contributed by atoms with Crippen LogP contribution in [-0.2, 0) is 4.57 Å². The largest absolute Gasteiger partial charge is 0.309 e. The van der Waals surface area contributed by atoms with Crippen molar-refractivity contribution in [2.75, 3.05) is 0 Å². The summed E-state index contributed by atoms with van der Waals surface area (Å²) in [5.74, 6) is 0. The van der Waals surface area contributed by atoms with Gasteiger partial charge in [0.05, 0.1) is 0 Å². The lowest BCUT2D eigenvalue weighted by Crippen LogP contribution is -2.27. The molecule has 4 aromatic rings. The molecule has 0 bridgehead atoms. The van der Waals surface area contributed by atoms with Crippen molar-refractivity contribution in [3.8, 4) is 0 Å². The van der Waals surface area contributed by atoms with Gasteiger partial charge in [-0.15, -0.1) is 0 Å². The fourth-order valence-electron chi connectivity index (χ4n) is 4.13. The lowest BCUT2D eigenvalue weighted by Gasteiger charge is -2.24. The van der Waals surface area contributed by atoms with E-state index in [2.05, 4.69) is 55.5 Å². The number of hydrogen-bond acceptors (Lipinski definition) is 1. The van der Waals surface area contributed by atoms with Crippen molar-refractivity contribution < 1.29 is 4.57 Å². The average molecular weight is 437 g/mol. The van der Waals surface area contributed by atoms with Crippen molar-refractivity contribution in [2.45, 2.75) is 26.2 Å². The summed E-state index contributed by atoms with van der Waals surface area (Å²) in [6.07, 6.45) is 5.41. The number of benzene rings is 4. The molecule has 2 heteroatoms. The Hall–Kier alpha value is -3.15. The second-order valence-electron chi connectivity index (χ2n) is 7.98. The summed E-state index contributed by atoms with van der Waals surface area (Å²) in [7, 11) is -3.05. The van der Waals surface area contributed by atoms with E-state index in [0.29, 0.717) is 0 Å². The minimum absolute atomic E-state index is 0.869. The Morgan fingerprint density at radius 2 is 1.19 bits per heavy atom. The molecule has 0 aliphatic heterocycles. The summed E-state index contributed by atoms with van der Waals surface area (Å²) in [5, 5.41) is 2.65. The Labute approximate surface area is 191 Å². The van der Waals surface area contributed by atoms with E-state index in [0.717, 1.165) is 40.7 Å². The molecule has 0 amide bonds. The van der Waals surface area contributed by atoms with Crippen LogP contribution < -0.4 is 15.9 Å². The van der Waals surface area contributed by atoms with Gasteiger partial charge in [-0.3, -0.25) is 0 Å². The number of unbranched alkanes of at least 4 members (excludes halogenated alkanes) is 1. The lowest BCUT2D eigenvalue weighted by molar-refractivity contribution is 0.592. The van der Waals surface area contributed by atoms with Gasteiger partial charge in [0.2, 0.25) is 0 Å². The number of hydrogen-bond donors (Lipinski definition) is 0. The highest BCUT2D eigenvalue weighted by Gasteiger charge is 2.32. The standard InChI is InChI=1S/C30H29OP/c1-2-3-17-26(24-25-15-7-4-8-16-25)29-22-13-14-23-30(29)32(31,27-18-9-5-10-19-27)28-20-11-6-12-21-28/h4-16,18-24H,2-3,17H2,1H3/b26-24+. The quantitative estimate of drug-likeness (QED) is 0.213. The molecule has 4 rings (SSSR count). The molecule has 0 fully saturated rings. The van der Waals surface area contributed by atoms with Crippen LogP contribution in [0.5, 0.6) is 0 Å². The Balaban J connectivity index is 1.95.